The van der Waals surface area contributed by atoms with E-state index in [1.54, 1.807) is 0 Å². The summed E-state index contributed by atoms with van der Waals surface area (Å²) in [7, 11) is 0. The minimum absolute atomic E-state index is 0.0131. The molecule has 6 heteroatoms. The summed E-state index contributed by atoms with van der Waals surface area (Å²) in [6.07, 6.45) is 1.56. The van der Waals surface area contributed by atoms with Gasteiger partial charge in [0, 0.05) is 12.1 Å². The van der Waals surface area contributed by atoms with Crippen LogP contribution in [0.1, 0.15) is 31.2 Å². The van der Waals surface area contributed by atoms with E-state index in [9.17, 15) is 9.59 Å². The molecule has 1 aromatic rings. The van der Waals surface area contributed by atoms with Crippen molar-refractivity contribution in [2.24, 2.45) is 0 Å². The Balaban J connectivity index is 1.66. The lowest BCUT2D eigenvalue weighted by atomic mass is 9.91. The lowest BCUT2D eigenvalue weighted by Crippen LogP contribution is -2.43. The Bertz CT molecular complexity index is 470. The third-order valence-corrected chi connectivity index (χ3v) is 3.59. The molecular formula is C15H20N2O4. The van der Waals surface area contributed by atoms with Gasteiger partial charge in [-0.05, 0) is 31.2 Å². The molecule has 21 heavy (non-hydrogen) atoms. The number of alkyl carbamates (subject to hydrolysis) is 1. The van der Waals surface area contributed by atoms with Crippen molar-refractivity contribution in [3.63, 3.8) is 0 Å². The van der Waals surface area contributed by atoms with Crippen molar-refractivity contribution in [1.29, 1.82) is 0 Å². The maximum absolute atomic E-state index is 11.7. The van der Waals surface area contributed by atoms with Crippen LogP contribution in [0.2, 0.25) is 0 Å². The van der Waals surface area contributed by atoms with Crippen LogP contribution in [0.5, 0.6) is 0 Å². The summed E-state index contributed by atoms with van der Waals surface area (Å²) in [5.41, 5.74) is 0.946. The molecule has 114 valence electrons. The van der Waals surface area contributed by atoms with Crippen molar-refractivity contribution in [2.75, 3.05) is 0 Å². The summed E-state index contributed by atoms with van der Waals surface area (Å²) >= 11 is 0. The van der Waals surface area contributed by atoms with Crippen LogP contribution < -0.4 is 10.6 Å². The zero-order chi connectivity index (χ0) is 15.1. The molecule has 0 atom stereocenters. The van der Waals surface area contributed by atoms with Gasteiger partial charge in [0.2, 0.25) is 0 Å². The van der Waals surface area contributed by atoms with Crippen LogP contribution in [0, 0.1) is 0 Å². The third-order valence-electron chi connectivity index (χ3n) is 3.59. The van der Waals surface area contributed by atoms with E-state index < -0.39 is 12.2 Å². The van der Waals surface area contributed by atoms with E-state index in [4.69, 9.17) is 9.84 Å². The van der Waals surface area contributed by atoms with E-state index in [2.05, 4.69) is 10.6 Å². The summed E-state index contributed by atoms with van der Waals surface area (Å²) in [4.78, 5) is 22.2. The van der Waals surface area contributed by atoms with Gasteiger partial charge in [-0.2, -0.15) is 0 Å². The van der Waals surface area contributed by atoms with Crippen LogP contribution in [0.25, 0.3) is 0 Å². The largest absolute Gasteiger partial charge is 0.465 e. The number of carbonyl (C=O) groups is 2. The van der Waals surface area contributed by atoms with Gasteiger partial charge < -0.3 is 20.5 Å². The second-order valence-electron chi connectivity index (χ2n) is 5.20. The minimum atomic E-state index is -0.992. The summed E-state index contributed by atoms with van der Waals surface area (Å²) in [6, 6.07) is 9.54. The molecule has 0 heterocycles. The van der Waals surface area contributed by atoms with E-state index in [1.807, 2.05) is 30.3 Å². The topological polar surface area (TPSA) is 87.7 Å². The van der Waals surface area contributed by atoms with Gasteiger partial charge in [0.05, 0.1) is 0 Å². The van der Waals surface area contributed by atoms with Gasteiger partial charge in [0.15, 0.2) is 0 Å². The van der Waals surface area contributed by atoms with Gasteiger partial charge in [-0.3, -0.25) is 0 Å². The number of rotatable bonds is 4. The first-order chi connectivity index (χ1) is 10.1. The van der Waals surface area contributed by atoms with E-state index in [-0.39, 0.29) is 18.7 Å². The fourth-order valence-corrected chi connectivity index (χ4v) is 2.49. The molecule has 1 aromatic carbocycles. The number of hydrogen-bond acceptors (Lipinski definition) is 3. The van der Waals surface area contributed by atoms with Gasteiger partial charge in [0.25, 0.3) is 0 Å². The predicted octanol–water partition coefficient (Wildman–Crippen LogP) is 2.49. The van der Waals surface area contributed by atoms with Crippen molar-refractivity contribution in [1.82, 2.24) is 10.6 Å². The number of carboxylic acid groups (broad SMARTS) is 1. The molecule has 2 rings (SSSR count). The highest BCUT2D eigenvalue weighted by atomic mass is 16.5. The molecule has 0 radical (unpaired) electrons. The number of benzene rings is 1. The Labute approximate surface area is 123 Å². The van der Waals surface area contributed by atoms with Crippen molar-refractivity contribution in [2.45, 2.75) is 44.4 Å². The van der Waals surface area contributed by atoms with Crippen LogP contribution in [-0.2, 0) is 11.3 Å². The zero-order valence-corrected chi connectivity index (χ0v) is 11.7. The first-order valence-electron chi connectivity index (χ1n) is 7.10. The average molecular weight is 292 g/mol. The maximum atomic E-state index is 11.7. The monoisotopic (exact) mass is 292 g/mol. The van der Waals surface area contributed by atoms with Crippen molar-refractivity contribution < 1.29 is 19.4 Å². The molecular weight excluding hydrogens is 272 g/mol. The van der Waals surface area contributed by atoms with Gasteiger partial charge in [0.1, 0.15) is 6.61 Å². The maximum Gasteiger partial charge on any atom is 0.407 e. The Hall–Kier alpha value is -2.24. The molecule has 0 spiro atoms. The smallest absolute Gasteiger partial charge is 0.407 e. The van der Waals surface area contributed by atoms with Crippen molar-refractivity contribution >= 4 is 12.2 Å². The normalized spacial score (nSPS) is 21.3. The number of ether oxygens (including phenoxy) is 1. The van der Waals surface area contributed by atoms with E-state index in [0.29, 0.717) is 0 Å². The zero-order valence-electron chi connectivity index (χ0n) is 11.7. The van der Waals surface area contributed by atoms with Crippen LogP contribution in [0.4, 0.5) is 9.59 Å². The molecule has 1 aliphatic rings. The first-order valence-corrected chi connectivity index (χ1v) is 7.10. The Morgan fingerprint density at radius 2 is 1.62 bits per heavy atom. The Morgan fingerprint density at radius 1 is 1.05 bits per heavy atom. The molecule has 2 amide bonds. The molecule has 3 N–H and O–H groups in total. The Morgan fingerprint density at radius 3 is 2.19 bits per heavy atom. The summed E-state index contributed by atoms with van der Waals surface area (Å²) < 4.78 is 5.16. The van der Waals surface area contributed by atoms with Crippen LogP contribution in [-0.4, -0.2) is 29.4 Å². The molecule has 1 fully saturated rings. The van der Waals surface area contributed by atoms with Crippen molar-refractivity contribution in [3.8, 4) is 0 Å². The van der Waals surface area contributed by atoms with Crippen LogP contribution in [0.3, 0.4) is 0 Å². The first kappa shape index (κ1) is 15.2. The molecule has 0 bridgehead atoms. The van der Waals surface area contributed by atoms with Gasteiger partial charge in [-0.25, -0.2) is 9.59 Å². The highest BCUT2D eigenvalue weighted by Crippen LogP contribution is 2.18. The quantitative estimate of drug-likeness (QED) is 0.795. The molecule has 0 unspecified atom stereocenters. The van der Waals surface area contributed by atoms with Gasteiger partial charge in [-0.1, -0.05) is 30.3 Å². The second kappa shape index (κ2) is 7.52. The third kappa shape index (κ3) is 5.33. The van der Waals surface area contributed by atoms with Crippen LogP contribution in [0.15, 0.2) is 30.3 Å². The minimum Gasteiger partial charge on any atom is -0.465 e. The van der Waals surface area contributed by atoms with Crippen LogP contribution >= 0.6 is 0 Å². The second-order valence-corrected chi connectivity index (χ2v) is 5.20. The standard InChI is InChI=1S/C15H20N2O4/c18-14(19)16-12-6-8-13(9-7-12)17-15(20)21-10-11-4-2-1-3-5-11/h1-5,12-13,16H,6-10H2,(H,17,20)(H,18,19). The molecule has 1 saturated carbocycles. The summed E-state index contributed by atoms with van der Waals surface area (Å²) in [5.74, 6) is 0. The van der Waals surface area contributed by atoms with Gasteiger partial charge in [-0.15, -0.1) is 0 Å². The molecule has 6 nitrogen and oxygen atoms in total. The summed E-state index contributed by atoms with van der Waals surface area (Å²) in [6.45, 7) is 0.253. The number of amides is 2. The molecule has 1 aliphatic carbocycles. The van der Waals surface area contributed by atoms with Crippen molar-refractivity contribution in [3.05, 3.63) is 35.9 Å². The van der Waals surface area contributed by atoms with E-state index in [1.165, 1.54) is 0 Å². The molecule has 0 aliphatic heterocycles. The number of carbonyl (C=O) groups excluding carboxylic acids is 1. The SMILES string of the molecule is O=C(O)NC1CCC(NC(=O)OCc2ccccc2)CC1. The lowest BCUT2D eigenvalue weighted by Gasteiger charge is -2.28. The van der Waals surface area contributed by atoms with E-state index >= 15 is 0 Å². The average Bonchev–Trinajstić information content (AvgIpc) is 2.48. The highest BCUT2D eigenvalue weighted by Gasteiger charge is 2.23. The summed E-state index contributed by atoms with van der Waals surface area (Å²) in [5, 5.41) is 14.0. The van der Waals surface area contributed by atoms with E-state index in [0.717, 1.165) is 31.2 Å². The predicted molar refractivity (Wildman–Crippen MR) is 77.0 cm³/mol. The fourth-order valence-electron chi connectivity index (χ4n) is 2.49. The molecule has 0 aromatic heterocycles. The lowest BCUT2D eigenvalue weighted by molar-refractivity contribution is 0.131. The van der Waals surface area contributed by atoms with Gasteiger partial charge >= 0.3 is 12.2 Å². The fraction of sp³-hybridized carbons (Fsp3) is 0.467. The number of hydrogen-bond donors (Lipinski definition) is 3. The molecule has 0 saturated heterocycles. The highest BCUT2D eigenvalue weighted by molar-refractivity contribution is 5.67. The number of nitrogens with one attached hydrogen (secondary N) is 2. The Kier molecular flexibility index (Phi) is 5.43.